The molecule has 0 bridgehead atoms. The molecule has 4 heterocycles. The molecule has 6 rings (SSSR count). The van der Waals surface area contributed by atoms with Crippen LogP contribution in [-0.2, 0) is 37.2 Å². The molecule has 0 unspecified atom stereocenters. The fourth-order valence-electron chi connectivity index (χ4n) is 6.26. The number of anilines is 6. The number of rotatable bonds is 30. The van der Waals surface area contributed by atoms with Crippen LogP contribution in [0.5, 0.6) is 0 Å². The van der Waals surface area contributed by atoms with E-state index in [2.05, 4.69) is 64.5 Å². The second-order valence-electron chi connectivity index (χ2n) is 15.2. The van der Waals surface area contributed by atoms with Crippen LogP contribution < -0.4 is 43.8 Å². The molecule has 0 aliphatic heterocycles. The summed E-state index contributed by atoms with van der Waals surface area (Å²) in [6.45, 7) is 5.94. The predicted octanol–water partition coefficient (Wildman–Crippen LogP) is 6.72. The average molecular weight is 989 g/mol. The van der Waals surface area contributed by atoms with Crippen molar-refractivity contribution in [3.63, 3.8) is 0 Å². The summed E-state index contributed by atoms with van der Waals surface area (Å²) in [5.74, 6) is 6.14. The minimum Gasteiger partial charge on any atom is -0.368 e. The van der Waals surface area contributed by atoms with E-state index in [1.807, 2.05) is 48.5 Å². The lowest BCUT2D eigenvalue weighted by Crippen LogP contribution is -2.18. The third-order valence-electron chi connectivity index (χ3n) is 9.60. The summed E-state index contributed by atoms with van der Waals surface area (Å²) in [4.78, 5) is 50.8. The highest BCUT2D eigenvalue weighted by Gasteiger charge is 2.12. The molecule has 0 aliphatic carbocycles. The number of nitrogen functional groups attached to an aromatic ring is 1. The SMILES string of the molecule is CCCCc1nc(NCCCc2cc(SCc3ccc(Cl)cc3)nc(NCCCc3nc(NCCN)nc(NCCCc4nc(N)nc(NCCN)n4)n3)n2)nc(SCc2ccc(Cl)cc2)n1. The average Bonchev–Trinajstić information content (AvgIpc) is 3.33. The van der Waals surface area contributed by atoms with E-state index in [0.29, 0.717) is 122 Å². The van der Waals surface area contributed by atoms with Gasteiger partial charge in [0.05, 0.1) is 0 Å². The van der Waals surface area contributed by atoms with Crippen molar-refractivity contribution in [3.8, 4) is 0 Å². The van der Waals surface area contributed by atoms with Gasteiger partial charge in [-0.3, -0.25) is 0 Å². The van der Waals surface area contributed by atoms with E-state index in [4.69, 9.17) is 70.3 Å². The Morgan fingerprint density at radius 3 is 1.51 bits per heavy atom. The van der Waals surface area contributed by atoms with Crippen molar-refractivity contribution in [2.45, 2.75) is 86.4 Å². The Morgan fingerprint density at radius 2 is 0.940 bits per heavy atom. The fraction of sp³-hybridized carbons (Fsp3) is 0.432. The van der Waals surface area contributed by atoms with Gasteiger partial charge in [-0.15, -0.1) is 11.8 Å². The summed E-state index contributed by atoms with van der Waals surface area (Å²) in [5.41, 5.74) is 20.5. The van der Waals surface area contributed by atoms with Crippen molar-refractivity contribution >= 4 is 82.4 Å². The Hall–Kier alpha value is -5.45. The zero-order valence-corrected chi connectivity index (χ0v) is 40.8. The van der Waals surface area contributed by atoms with Gasteiger partial charge >= 0.3 is 0 Å². The summed E-state index contributed by atoms with van der Waals surface area (Å²) in [7, 11) is 0. The van der Waals surface area contributed by atoms with Crippen LogP contribution in [0.15, 0.2) is 64.8 Å². The number of hydrogen-bond donors (Lipinski definition) is 8. The van der Waals surface area contributed by atoms with E-state index in [1.165, 1.54) is 0 Å². The molecule has 2 aromatic carbocycles. The van der Waals surface area contributed by atoms with E-state index in [0.717, 1.165) is 77.7 Å². The molecule has 0 atom stereocenters. The van der Waals surface area contributed by atoms with Crippen molar-refractivity contribution in [1.29, 1.82) is 0 Å². The maximum absolute atomic E-state index is 6.15. The number of nitrogens with two attached hydrogens (primary N) is 3. The minimum atomic E-state index is 0.158. The van der Waals surface area contributed by atoms with Crippen LogP contribution in [0.4, 0.5) is 35.7 Å². The first-order valence-corrected chi connectivity index (χ1v) is 25.2. The van der Waals surface area contributed by atoms with Crippen LogP contribution in [-0.4, -0.2) is 101 Å². The van der Waals surface area contributed by atoms with Gasteiger partial charge in [-0.2, -0.15) is 39.9 Å². The topological polar surface area (TPSA) is 280 Å². The Balaban J connectivity index is 1.05. The van der Waals surface area contributed by atoms with Gasteiger partial charge in [-0.1, -0.05) is 72.6 Å². The van der Waals surface area contributed by atoms with E-state index in [-0.39, 0.29) is 5.95 Å². The van der Waals surface area contributed by atoms with Gasteiger partial charge in [0.15, 0.2) is 5.16 Å². The summed E-state index contributed by atoms with van der Waals surface area (Å²) < 4.78 is 0. The molecule has 67 heavy (non-hydrogen) atoms. The van der Waals surface area contributed by atoms with Gasteiger partial charge in [0.2, 0.25) is 35.7 Å². The predicted molar refractivity (Wildman–Crippen MR) is 272 cm³/mol. The van der Waals surface area contributed by atoms with E-state index >= 15 is 0 Å². The molecular weight excluding hydrogens is 930 g/mol. The third-order valence-corrected chi connectivity index (χ3v) is 12.0. The Morgan fingerprint density at radius 1 is 0.478 bits per heavy atom. The molecule has 0 fully saturated rings. The summed E-state index contributed by atoms with van der Waals surface area (Å²) >= 11 is 15.5. The van der Waals surface area contributed by atoms with Crippen LogP contribution >= 0.6 is 46.7 Å². The molecule has 11 N–H and O–H groups in total. The molecule has 0 radical (unpaired) electrons. The second kappa shape index (κ2) is 28.0. The van der Waals surface area contributed by atoms with Crippen molar-refractivity contribution in [2.24, 2.45) is 11.5 Å². The van der Waals surface area contributed by atoms with E-state index < -0.39 is 0 Å². The standard InChI is InChI=1S/C44H59Cl2N19S2/c1-2-3-8-36-60-43(65-44(61-36)67-28-30-13-17-32(46)18-14-30)52-21-4-7-33-26-37(66-27-29-11-15-31(45)16-12-29)62-39(55-33)50-22-6-10-35-58-41(64-42(59-35)54-25-20-48)51-23-5-9-34-56-38(49)63-40(57-34)53-24-19-47/h11-18,26H,2-10,19-25,27-28,47-48H2,1H3,(H,50,55,62)(H,52,60,61,65)(H3,49,53,56,57,63)(H2,51,54,58,59,64). The number of benzene rings is 2. The molecule has 0 amide bonds. The summed E-state index contributed by atoms with van der Waals surface area (Å²) in [6, 6.07) is 17.8. The number of thioether (sulfide) groups is 2. The van der Waals surface area contributed by atoms with Crippen molar-refractivity contribution in [3.05, 3.63) is 98.9 Å². The number of aryl methyl sites for hydroxylation is 4. The normalized spacial score (nSPS) is 11.1. The fourth-order valence-corrected chi connectivity index (χ4v) is 8.20. The summed E-state index contributed by atoms with van der Waals surface area (Å²) in [6.07, 6.45) is 6.99. The molecule has 6 aromatic rings. The third kappa shape index (κ3) is 18.6. The Kier molecular flexibility index (Phi) is 21.3. The largest absolute Gasteiger partial charge is 0.368 e. The number of hydrogen-bond acceptors (Lipinski definition) is 21. The first kappa shape index (κ1) is 51.0. The van der Waals surface area contributed by atoms with Gasteiger partial charge < -0.3 is 43.8 Å². The highest BCUT2D eigenvalue weighted by atomic mass is 35.5. The first-order chi connectivity index (χ1) is 32.7. The van der Waals surface area contributed by atoms with E-state index in [9.17, 15) is 0 Å². The van der Waals surface area contributed by atoms with Gasteiger partial charge in [-0.05, 0) is 73.6 Å². The number of halogens is 2. The first-order valence-electron chi connectivity index (χ1n) is 22.5. The zero-order valence-electron chi connectivity index (χ0n) is 37.6. The smallest absolute Gasteiger partial charge is 0.227 e. The number of nitrogens with zero attached hydrogens (tertiary/aromatic N) is 11. The van der Waals surface area contributed by atoms with Crippen LogP contribution in [0.3, 0.4) is 0 Å². The van der Waals surface area contributed by atoms with Crippen molar-refractivity contribution in [2.75, 3.05) is 78.1 Å². The number of nitrogens with one attached hydrogen (secondary N) is 5. The van der Waals surface area contributed by atoms with Crippen LogP contribution in [0, 0.1) is 0 Å². The number of unbranched alkanes of at least 4 members (excludes halogenated alkanes) is 1. The minimum absolute atomic E-state index is 0.158. The van der Waals surface area contributed by atoms with Crippen molar-refractivity contribution < 1.29 is 0 Å². The Labute approximate surface area is 410 Å². The molecule has 23 heteroatoms. The molecular formula is C44H59Cl2N19S2. The maximum Gasteiger partial charge on any atom is 0.227 e. The lowest BCUT2D eigenvalue weighted by Gasteiger charge is -2.12. The molecule has 0 saturated heterocycles. The van der Waals surface area contributed by atoms with Gasteiger partial charge in [0.25, 0.3) is 0 Å². The van der Waals surface area contributed by atoms with Gasteiger partial charge in [0, 0.05) is 92.3 Å². The van der Waals surface area contributed by atoms with Crippen molar-refractivity contribution in [1.82, 2.24) is 54.8 Å². The monoisotopic (exact) mass is 987 g/mol. The lowest BCUT2D eigenvalue weighted by molar-refractivity contribution is 0.719. The van der Waals surface area contributed by atoms with E-state index in [1.54, 1.807) is 23.5 Å². The van der Waals surface area contributed by atoms with Crippen LogP contribution in [0.2, 0.25) is 10.0 Å². The van der Waals surface area contributed by atoms with Gasteiger partial charge in [0.1, 0.15) is 22.5 Å². The highest BCUT2D eigenvalue weighted by Crippen LogP contribution is 2.25. The quantitative estimate of drug-likeness (QED) is 0.0132. The van der Waals surface area contributed by atoms with Crippen LogP contribution in [0.25, 0.3) is 0 Å². The zero-order chi connectivity index (χ0) is 47.1. The second-order valence-corrected chi connectivity index (χ2v) is 18.0. The molecule has 19 nitrogen and oxygen atoms in total. The molecule has 0 aliphatic rings. The van der Waals surface area contributed by atoms with Gasteiger partial charge in [-0.25, -0.2) is 15.0 Å². The molecule has 356 valence electrons. The number of aromatic nitrogens is 11. The highest BCUT2D eigenvalue weighted by molar-refractivity contribution is 7.98. The lowest BCUT2D eigenvalue weighted by atomic mass is 10.2. The maximum atomic E-state index is 6.15. The molecule has 4 aromatic heterocycles. The molecule has 0 saturated carbocycles. The Bertz CT molecular complexity index is 2420. The molecule has 0 spiro atoms. The van der Waals surface area contributed by atoms with Crippen LogP contribution in [0.1, 0.15) is 73.3 Å². The summed E-state index contributed by atoms with van der Waals surface area (Å²) in [5, 5.41) is 19.4.